The summed E-state index contributed by atoms with van der Waals surface area (Å²) < 4.78 is 29.2. The number of aromatic nitrogens is 1. The van der Waals surface area contributed by atoms with Gasteiger partial charge in [-0.15, -0.1) is 0 Å². The molecule has 0 atom stereocenters. The number of carbonyl (C=O) groups excluding carboxylic acids is 2. The molecule has 27 heavy (non-hydrogen) atoms. The van der Waals surface area contributed by atoms with Gasteiger partial charge in [0.2, 0.25) is 5.88 Å². The Morgan fingerprint density at radius 1 is 1.26 bits per heavy atom. The Hall–Kier alpha value is -2.87. The first-order valence-corrected chi connectivity index (χ1v) is 8.18. The van der Waals surface area contributed by atoms with Crippen LogP contribution >= 0.6 is 11.6 Å². The van der Waals surface area contributed by atoms with Crippen LogP contribution in [0.5, 0.6) is 11.6 Å². The van der Waals surface area contributed by atoms with Crippen molar-refractivity contribution in [2.24, 2.45) is 0 Å². The topological polar surface area (TPSA) is 86.8 Å². The number of esters is 1. The van der Waals surface area contributed by atoms with Crippen molar-refractivity contribution < 1.29 is 28.2 Å². The zero-order chi connectivity index (χ0) is 20.2. The molecular formula is C18H18ClFN2O5. The summed E-state index contributed by atoms with van der Waals surface area (Å²) in [7, 11) is 1.20. The maximum absolute atomic E-state index is 14.0. The summed E-state index contributed by atoms with van der Waals surface area (Å²) in [6.45, 7) is 5.06. The molecule has 0 fully saturated rings. The minimum Gasteiger partial charge on any atom is -0.465 e. The lowest BCUT2D eigenvalue weighted by molar-refractivity contribution is 0.0595. The zero-order valence-corrected chi connectivity index (χ0v) is 15.9. The molecule has 0 saturated carbocycles. The second kappa shape index (κ2) is 8.22. The van der Waals surface area contributed by atoms with Crippen LogP contribution in [0, 0.1) is 5.82 Å². The minimum atomic E-state index is -0.809. The summed E-state index contributed by atoms with van der Waals surface area (Å²) in [6, 6.07) is 5.28. The van der Waals surface area contributed by atoms with Crippen molar-refractivity contribution in [3.63, 3.8) is 0 Å². The average Bonchev–Trinajstić information content (AvgIpc) is 2.56. The van der Waals surface area contributed by atoms with E-state index in [1.807, 2.05) is 0 Å². The van der Waals surface area contributed by atoms with E-state index < -0.39 is 23.5 Å². The third-order valence-electron chi connectivity index (χ3n) is 3.03. The van der Waals surface area contributed by atoms with E-state index in [4.69, 9.17) is 21.1 Å². The molecule has 0 bridgehead atoms. The van der Waals surface area contributed by atoms with E-state index >= 15 is 0 Å². The third-order valence-corrected chi connectivity index (χ3v) is 3.32. The number of rotatable bonds is 4. The Bertz CT molecular complexity index is 847. The van der Waals surface area contributed by atoms with Gasteiger partial charge in [-0.2, -0.15) is 0 Å². The molecule has 2 rings (SSSR count). The highest BCUT2D eigenvalue weighted by Gasteiger charge is 2.21. The van der Waals surface area contributed by atoms with Crippen LogP contribution in [-0.2, 0) is 9.47 Å². The number of carbonyl (C=O) groups is 2. The van der Waals surface area contributed by atoms with Crippen molar-refractivity contribution in [3.8, 4) is 11.6 Å². The number of amides is 1. The molecule has 0 radical (unpaired) electrons. The minimum absolute atomic E-state index is 0.0112. The van der Waals surface area contributed by atoms with E-state index in [-0.39, 0.29) is 27.9 Å². The van der Waals surface area contributed by atoms with Crippen molar-refractivity contribution in [2.45, 2.75) is 26.4 Å². The van der Waals surface area contributed by atoms with Crippen molar-refractivity contribution in [2.75, 3.05) is 12.4 Å². The Morgan fingerprint density at radius 2 is 1.96 bits per heavy atom. The molecule has 9 heteroatoms. The highest BCUT2D eigenvalue weighted by molar-refractivity contribution is 6.32. The van der Waals surface area contributed by atoms with E-state index in [2.05, 4.69) is 15.0 Å². The lowest BCUT2D eigenvalue weighted by atomic mass is 10.2. The fourth-order valence-electron chi connectivity index (χ4n) is 1.94. The molecule has 7 nitrogen and oxygen atoms in total. The van der Waals surface area contributed by atoms with Gasteiger partial charge in [0.15, 0.2) is 11.6 Å². The number of para-hydroxylation sites is 1. The summed E-state index contributed by atoms with van der Waals surface area (Å²) in [4.78, 5) is 27.8. The molecule has 144 valence electrons. The molecule has 0 unspecified atom stereocenters. The number of pyridine rings is 1. The molecule has 1 N–H and O–H groups in total. The number of hydrogen-bond donors (Lipinski definition) is 1. The molecule has 0 saturated heterocycles. The van der Waals surface area contributed by atoms with Crippen LogP contribution in [0.2, 0.25) is 5.02 Å². The average molecular weight is 397 g/mol. The van der Waals surface area contributed by atoms with Crippen molar-refractivity contribution >= 4 is 29.4 Å². The number of ether oxygens (including phenoxy) is 3. The van der Waals surface area contributed by atoms with Gasteiger partial charge in [0.05, 0.1) is 17.7 Å². The summed E-state index contributed by atoms with van der Waals surface area (Å²) >= 11 is 5.95. The molecule has 1 aromatic carbocycles. The van der Waals surface area contributed by atoms with Crippen LogP contribution < -0.4 is 10.1 Å². The summed E-state index contributed by atoms with van der Waals surface area (Å²) in [5.74, 6) is -1.85. The van der Waals surface area contributed by atoms with Gasteiger partial charge in [-0.25, -0.2) is 19.0 Å². The zero-order valence-electron chi connectivity index (χ0n) is 15.1. The largest absolute Gasteiger partial charge is 0.465 e. The lowest BCUT2D eigenvalue weighted by Gasteiger charge is -2.20. The Labute approximate surface area is 160 Å². The van der Waals surface area contributed by atoms with Gasteiger partial charge in [0.25, 0.3) is 0 Å². The maximum Gasteiger partial charge on any atom is 0.412 e. The van der Waals surface area contributed by atoms with Crippen molar-refractivity contribution in [3.05, 3.63) is 46.9 Å². The molecule has 0 spiro atoms. The number of benzene rings is 1. The molecule has 2 aromatic rings. The normalized spacial score (nSPS) is 10.9. The van der Waals surface area contributed by atoms with Crippen LogP contribution in [-0.4, -0.2) is 29.8 Å². The number of hydrogen-bond acceptors (Lipinski definition) is 6. The molecule has 0 aliphatic carbocycles. The van der Waals surface area contributed by atoms with E-state index in [9.17, 15) is 14.0 Å². The van der Waals surface area contributed by atoms with Gasteiger partial charge in [-0.05, 0) is 39.0 Å². The molecule has 1 heterocycles. The van der Waals surface area contributed by atoms with Gasteiger partial charge in [0, 0.05) is 6.20 Å². The quantitative estimate of drug-likeness (QED) is 0.747. The second-order valence-electron chi connectivity index (χ2n) is 6.35. The molecule has 1 amide bonds. The smallest absolute Gasteiger partial charge is 0.412 e. The maximum atomic E-state index is 14.0. The first kappa shape index (κ1) is 20.4. The SMILES string of the molecule is COC(=O)c1cnc(Oc2c(F)cccc2Cl)c(NC(=O)OC(C)(C)C)c1. The van der Waals surface area contributed by atoms with Crippen molar-refractivity contribution in [1.82, 2.24) is 4.98 Å². The monoisotopic (exact) mass is 396 g/mol. The molecule has 0 aliphatic heterocycles. The van der Waals surface area contributed by atoms with Gasteiger partial charge >= 0.3 is 12.1 Å². The third kappa shape index (κ3) is 5.55. The molecular weight excluding hydrogens is 379 g/mol. The van der Waals surface area contributed by atoms with Crippen LogP contribution in [0.25, 0.3) is 0 Å². The van der Waals surface area contributed by atoms with Crippen LogP contribution in [0.3, 0.4) is 0 Å². The lowest BCUT2D eigenvalue weighted by Crippen LogP contribution is -2.27. The predicted molar refractivity (Wildman–Crippen MR) is 96.9 cm³/mol. The predicted octanol–water partition coefficient (Wildman–Crippen LogP) is 4.80. The summed E-state index contributed by atoms with van der Waals surface area (Å²) in [5, 5.41) is 2.43. The number of methoxy groups -OCH3 is 1. The number of halogens is 2. The van der Waals surface area contributed by atoms with E-state index in [0.717, 1.165) is 12.3 Å². The Morgan fingerprint density at radius 3 is 2.56 bits per heavy atom. The highest BCUT2D eigenvalue weighted by Crippen LogP contribution is 2.34. The van der Waals surface area contributed by atoms with E-state index in [0.29, 0.717) is 0 Å². The first-order chi connectivity index (χ1) is 12.6. The fourth-order valence-corrected chi connectivity index (χ4v) is 2.14. The van der Waals surface area contributed by atoms with E-state index in [1.165, 1.54) is 25.3 Å². The standard InChI is InChI=1S/C18H18ClFN2O5/c1-18(2,3)27-17(24)22-13-8-10(16(23)25-4)9-21-15(13)26-14-11(19)6-5-7-12(14)20/h5-9H,1-4H3,(H,22,24). The van der Waals surface area contributed by atoms with Crippen LogP contribution in [0.1, 0.15) is 31.1 Å². The number of anilines is 1. The fraction of sp³-hybridized carbons (Fsp3) is 0.278. The molecule has 0 aliphatic rings. The van der Waals surface area contributed by atoms with E-state index in [1.54, 1.807) is 20.8 Å². The number of nitrogens with zero attached hydrogens (tertiary/aromatic N) is 1. The van der Waals surface area contributed by atoms with Crippen LogP contribution in [0.4, 0.5) is 14.9 Å². The van der Waals surface area contributed by atoms with Gasteiger partial charge in [-0.1, -0.05) is 17.7 Å². The number of nitrogens with one attached hydrogen (secondary N) is 1. The van der Waals surface area contributed by atoms with Gasteiger partial charge in [-0.3, -0.25) is 5.32 Å². The van der Waals surface area contributed by atoms with Gasteiger partial charge in [0.1, 0.15) is 11.3 Å². The molecule has 1 aromatic heterocycles. The Balaban J connectivity index is 2.40. The van der Waals surface area contributed by atoms with Gasteiger partial charge < -0.3 is 14.2 Å². The second-order valence-corrected chi connectivity index (χ2v) is 6.76. The highest BCUT2D eigenvalue weighted by atomic mass is 35.5. The summed E-state index contributed by atoms with van der Waals surface area (Å²) in [5.41, 5.74) is -0.727. The summed E-state index contributed by atoms with van der Waals surface area (Å²) in [6.07, 6.45) is 0.353. The first-order valence-electron chi connectivity index (χ1n) is 7.81. The Kier molecular flexibility index (Phi) is 6.22. The van der Waals surface area contributed by atoms with Crippen molar-refractivity contribution in [1.29, 1.82) is 0 Å². The van der Waals surface area contributed by atoms with Crippen LogP contribution in [0.15, 0.2) is 30.5 Å².